The molecule has 3 nitrogen and oxygen atoms in total. The van der Waals surface area contributed by atoms with Crippen LogP contribution < -0.4 is 0 Å². The van der Waals surface area contributed by atoms with Gasteiger partial charge in [0.25, 0.3) is 0 Å². The standard InChI is InChI=1S/C12H15N3.W/c1-12(2,3)15-11(5-7-14-15)8-10-4-6-13-9-10;/h4,6-9,13H,1-3H3;. The van der Waals surface area contributed by atoms with Crippen LogP contribution in [0.15, 0.2) is 29.3 Å². The molecule has 1 aliphatic rings. The molecule has 0 saturated heterocycles. The van der Waals surface area contributed by atoms with Crippen LogP contribution in [0.5, 0.6) is 0 Å². The summed E-state index contributed by atoms with van der Waals surface area (Å²) in [6.45, 7) is 6.51. The number of hydrogen-bond acceptors (Lipinski definition) is 2. The Hall–Kier alpha value is -0.952. The molecule has 1 N–H and O–H groups in total. The molecule has 0 aliphatic carbocycles. The van der Waals surface area contributed by atoms with Crippen LogP contribution in [-0.4, -0.2) is 25.6 Å². The SMILES string of the molecule is CC(C)(C)N1N=C[C](=[W])C1=Cc1cc[nH]c1. The first-order valence-corrected chi connectivity index (χ1v) is 6.68. The number of nitrogens with zero attached hydrogens (tertiary/aromatic N) is 2. The first kappa shape index (κ1) is 11.5. The molecule has 0 amide bonds. The van der Waals surface area contributed by atoms with Gasteiger partial charge in [-0.2, -0.15) is 0 Å². The molecule has 4 heteroatoms. The average Bonchev–Trinajstić information content (AvgIpc) is 2.76. The summed E-state index contributed by atoms with van der Waals surface area (Å²) >= 11 is 1.45. The van der Waals surface area contributed by atoms with E-state index in [9.17, 15) is 0 Å². The second-order valence-electron chi connectivity index (χ2n) is 4.77. The quantitative estimate of drug-likeness (QED) is 0.790. The van der Waals surface area contributed by atoms with Crippen LogP contribution in [0.1, 0.15) is 26.3 Å². The maximum absolute atomic E-state index is 4.46. The second kappa shape index (κ2) is 4.14. The van der Waals surface area contributed by atoms with Crippen molar-refractivity contribution < 1.29 is 19.4 Å². The van der Waals surface area contributed by atoms with Gasteiger partial charge in [0.05, 0.1) is 0 Å². The van der Waals surface area contributed by atoms with Gasteiger partial charge in [-0.3, -0.25) is 0 Å². The summed E-state index contributed by atoms with van der Waals surface area (Å²) < 4.78 is 1.29. The van der Waals surface area contributed by atoms with Gasteiger partial charge in [0, 0.05) is 0 Å². The van der Waals surface area contributed by atoms with E-state index in [4.69, 9.17) is 0 Å². The Labute approximate surface area is 107 Å². The van der Waals surface area contributed by atoms with Gasteiger partial charge in [0.1, 0.15) is 0 Å². The van der Waals surface area contributed by atoms with Crippen molar-refractivity contribution >= 4 is 16.2 Å². The number of aromatic amines is 1. The van der Waals surface area contributed by atoms with E-state index in [2.05, 4.69) is 48.0 Å². The number of nitrogens with one attached hydrogen (secondary N) is 1. The van der Waals surface area contributed by atoms with Gasteiger partial charge < -0.3 is 0 Å². The second-order valence-corrected chi connectivity index (χ2v) is 6.35. The zero-order chi connectivity index (χ0) is 11.8. The van der Waals surface area contributed by atoms with Crippen molar-refractivity contribution in [2.24, 2.45) is 5.10 Å². The number of hydrogen-bond donors (Lipinski definition) is 1. The van der Waals surface area contributed by atoms with Crippen LogP contribution in [0.2, 0.25) is 0 Å². The molecule has 1 aromatic heterocycles. The van der Waals surface area contributed by atoms with E-state index in [0.717, 1.165) is 0 Å². The third kappa shape index (κ3) is 2.24. The number of H-pyrrole nitrogens is 1. The maximum atomic E-state index is 4.46. The van der Waals surface area contributed by atoms with Crippen LogP contribution >= 0.6 is 0 Å². The molecular formula is C12H15N3W. The van der Waals surface area contributed by atoms with Gasteiger partial charge in [0.15, 0.2) is 0 Å². The summed E-state index contributed by atoms with van der Waals surface area (Å²) in [6, 6.07) is 2.06. The molecule has 2 heterocycles. The van der Waals surface area contributed by atoms with Gasteiger partial charge in [-0.1, -0.05) is 0 Å². The molecule has 1 aromatic rings. The Morgan fingerprint density at radius 2 is 2.19 bits per heavy atom. The van der Waals surface area contributed by atoms with Crippen molar-refractivity contribution in [2.75, 3.05) is 0 Å². The Morgan fingerprint density at radius 1 is 1.44 bits per heavy atom. The Kier molecular flexibility index (Phi) is 2.98. The Balaban J connectivity index is 2.36. The molecule has 1 aliphatic heterocycles. The molecule has 0 saturated carbocycles. The van der Waals surface area contributed by atoms with Crippen molar-refractivity contribution in [3.63, 3.8) is 0 Å². The van der Waals surface area contributed by atoms with Crippen molar-refractivity contribution in [3.8, 4) is 0 Å². The molecule has 0 aromatic carbocycles. The summed E-state index contributed by atoms with van der Waals surface area (Å²) in [5, 5.41) is 6.55. The molecule has 0 bridgehead atoms. The van der Waals surface area contributed by atoms with Gasteiger partial charge in [-0.15, -0.1) is 0 Å². The minimum absolute atomic E-state index is 0.0237. The molecule has 84 valence electrons. The van der Waals surface area contributed by atoms with E-state index in [0.29, 0.717) is 0 Å². The molecular weight excluding hydrogens is 370 g/mol. The van der Waals surface area contributed by atoms with E-state index in [1.165, 1.54) is 34.5 Å². The zero-order valence-corrected chi connectivity index (χ0v) is 12.6. The van der Waals surface area contributed by atoms with Crippen molar-refractivity contribution in [1.29, 1.82) is 0 Å². The monoisotopic (exact) mass is 385 g/mol. The van der Waals surface area contributed by atoms with E-state index in [1.807, 2.05) is 18.6 Å². The normalized spacial score (nSPS) is 18.8. The average molecular weight is 385 g/mol. The molecule has 0 fully saturated rings. The minimum atomic E-state index is 0.0237. The zero-order valence-electron chi connectivity index (χ0n) is 9.69. The molecule has 0 unspecified atom stereocenters. The third-order valence-electron chi connectivity index (χ3n) is 2.33. The number of hydrazone groups is 1. The summed E-state index contributed by atoms with van der Waals surface area (Å²) in [5.74, 6) is 0. The molecule has 0 radical (unpaired) electrons. The van der Waals surface area contributed by atoms with Crippen molar-refractivity contribution in [1.82, 2.24) is 9.99 Å². The van der Waals surface area contributed by atoms with Crippen LogP contribution in [0, 0.1) is 0 Å². The van der Waals surface area contributed by atoms with Crippen molar-refractivity contribution in [3.05, 3.63) is 29.7 Å². The van der Waals surface area contributed by atoms with E-state index >= 15 is 0 Å². The van der Waals surface area contributed by atoms with E-state index in [-0.39, 0.29) is 5.54 Å². The predicted molar refractivity (Wildman–Crippen MR) is 63.9 cm³/mol. The van der Waals surface area contributed by atoms with Crippen LogP contribution in [0.3, 0.4) is 0 Å². The topological polar surface area (TPSA) is 31.4 Å². The Bertz CT molecular complexity index is 449. The summed E-state index contributed by atoms with van der Waals surface area (Å²) in [4.78, 5) is 3.07. The van der Waals surface area contributed by atoms with Crippen LogP contribution in [-0.2, 0) is 19.4 Å². The summed E-state index contributed by atoms with van der Waals surface area (Å²) in [5.41, 5.74) is 2.42. The predicted octanol–water partition coefficient (Wildman–Crippen LogP) is 2.17. The first-order valence-electron chi connectivity index (χ1n) is 5.21. The third-order valence-corrected chi connectivity index (χ3v) is 3.46. The number of rotatable bonds is 1. The van der Waals surface area contributed by atoms with Crippen molar-refractivity contribution in [2.45, 2.75) is 26.3 Å². The molecule has 16 heavy (non-hydrogen) atoms. The van der Waals surface area contributed by atoms with E-state index < -0.39 is 0 Å². The fourth-order valence-electron chi connectivity index (χ4n) is 1.59. The molecule has 0 spiro atoms. The summed E-state index contributed by atoms with van der Waals surface area (Å²) in [6.07, 6.45) is 8.07. The van der Waals surface area contributed by atoms with E-state index in [1.54, 1.807) is 0 Å². The van der Waals surface area contributed by atoms with Gasteiger partial charge in [0.2, 0.25) is 0 Å². The van der Waals surface area contributed by atoms with Crippen LogP contribution in [0.25, 0.3) is 6.08 Å². The summed E-state index contributed by atoms with van der Waals surface area (Å²) in [7, 11) is 0. The molecule has 2 rings (SSSR count). The first-order chi connectivity index (χ1) is 7.48. The number of aromatic nitrogens is 1. The van der Waals surface area contributed by atoms with Crippen LogP contribution in [0.4, 0.5) is 0 Å². The van der Waals surface area contributed by atoms with Gasteiger partial charge in [-0.05, 0) is 0 Å². The van der Waals surface area contributed by atoms with Gasteiger partial charge in [-0.25, -0.2) is 0 Å². The Morgan fingerprint density at radius 3 is 2.75 bits per heavy atom. The fraction of sp³-hybridized carbons (Fsp3) is 0.333. The van der Waals surface area contributed by atoms with Gasteiger partial charge >= 0.3 is 107 Å². The molecule has 0 atom stereocenters. The number of allylic oxidation sites excluding steroid dienone is 1. The fourth-order valence-corrected chi connectivity index (χ4v) is 2.29.